The maximum atomic E-state index is 11.2. The zero-order chi connectivity index (χ0) is 15.8. The van der Waals surface area contributed by atoms with Gasteiger partial charge in [-0.25, -0.2) is 9.66 Å². The minimum Gasteiger partial charge on any atom is -0.336 e. The Kier molecular flexibility index (Phi) is 3.86. The average molecular weight is 308 g/mol. The van der Waals surface area contributed by atoms with Crippen LogP contribution in [0.5, 0.6) is 0 Å². The van der Waals surface area contributed by atoms with Crippen molar-refractivity contribution in [3.63, 3.8) is 0 Å². The lowest BCUT2D eigenvalue weighted by atomic mass is 9.96. The fourth-order valence-corrected chi connectivity index (χ4v) is 2.65. The second kappa shape index (κ2) is 5.32. The van der Waals surface area contributed by atoms with Crippen LogP contribution in [-0.4, -0.2) is 24.8 Å². The van der Waals surface area contributed by atoms with Gasteiger partial charge >= 0.3 is 5.69 Å². The molecule has 2 rings (SSSR count). The highest BCUT2D eigenvalue weighted by molar-refractivity contribution is 7.99. The molecule has 8 nitrogen and oxygen atoms in total. The Morgan fingerprint density at radius 2 is 2.05 bits per heavy atom. The van der Waals surface area contributed by atoms with E-state index in [1.807, 2.05) is 20.8 Å². The number of aromatic nitrogens is 4. The van der Waals surface area contributed by atoms with Crippen LogP contribution in [0.15, 0.2) is 22.4 Å². The van der Waals surface area contributed by atoms with E-state index in [-0.39, 0.29) is 16.1 Å². The third-order valence-corrected chi connectivity index (χ3v) is 3.75. The van der Waals surface area contributed by atoms with Crippen LogP contribution in [0.1, 0.15) is 32.2 Å². The molecule has 0 fully saturated rings. The quantitative estimate of drug-likeness (QED) is 0.524. The highest BCUT2D eigenvalue weighted by Crippen LogP contribution is 2.34. The molecule has 0 aliphatic heterocycles. The molecule has 0 aliphatic carbocycles. The molecule has 112 valence electrons. The number of pyridine rings is 1. The molecule has 21 heavy (non-hydrogen) atoms. The highest BCUT2D eigenvalue weighted by atomic mass is 32.2. The van der Waals surface area contributed by atoms with Crippen molar-refractivity contribution in [2.45, 2.75) is 43.3 Å². The number of nitrogens with two attached hydrogens (primary N) is 1. The third-order valence-electron chi connectivity index (χ3n) is 2.80. The van der Waals surface area contributed by atoms with Crippen LogP contribution in [0.3, 0.4) is 0 Å². The molecular formula is C12H16N6O2S. The number of aryl methyl sites for hydroxylation is 1. The van der Waals surface area contributed by atoms with Gasteiger partial charge in [0.05, 0.1) is 4.92 Å². The van der Waals surface area contributed by atoms with Crippen LogP contribution in [0.4, 0.5) is 5.69 Å². The average Bonchev–Trinajstić information content (AvgIpc) is 2.70. The molecule has 0 saturated heterocycles. The second-order valence-electron chi connectivity index (χ2n) is 5.57. The third kappa shape index (κ3) is 2.97. The zero-order valence-electron chi connectivity index (χ0n) is 12.2. The van der Waals surface area contributed by atoms with Crippen molar-refractivity contribution < 1.29 is 4.92 Å². The molecule has 0 aliphatic rings. The van der Waals surface area contributed by atoms with Crippen LogP contribution in [0, 0.1) is 17.0 Å². The predicted molar refractivity (Wildman–Crippen MR) is 78.6 cm³/mol. The van der Waals surface area contributed by atoms with Gasteiger partial charge in [0, 0.05) is 17.2 Å². The fourth-order valence-electron chi connectivity index (χ4n) is 1.77. The molecule has 2 N–H and O–H groups in total. The van der Waals surface area contributed by atoms with E-state index in [1.54, 1.807) is 13.0 Å². The number of hydrogen-bond acceptors (Lipinski definition) is 7. The smallest absolute Gasteiger partial charge is 0.304 e. The van der Waals surface area contributed by atoms with Crippen molar-refractivity contribution in [1.29, 1.82) is 0 Å². The van der Waals surface area contributed by atoms with Gasteiger partial charge in [-0.05, 0) is 24.8 Å². The highest BCUT2D eigenvalue weighted by Gasteiger charge is 2.26. The van der Waals surface area contributed by atoms with E-state index in [4.69, 9.17) is 5.84 Å². The van der Waals surface area contributed by atoms with E-state index < -0.39 is 4.92 Å². The molecule has 0 aromatic carbocycles. The Morgan fingerprint density at radius 1 is 1.38 bits per heavy atom. The molecule has 0 spiro atoms. The molecule has 0 bridgehead atoms. The molecule has 2 aromatic heterocycles. The van der Waals surface area contributed by atoms with E-state index >= 15 is 0 Å². The molecule has 0 amide bonds. The Labute approximate surface area is 125 Å². The normalized spacial score (nSPS) is 11.6. The standard InChI is InChI=1S/C12H16N6O2S/c1-7-5-6-14-9(8(7)18(19)20)21-11-16-15-10(17(11)13)12(2,3)4/h5-6H,13H2,1-4H3. The van der Waals surface area contributed by atoms with Crippen molar-refractivity contribution in [3.8, 4) is 0 Å². The van der Waals surface area contributed by atoms with Crippen molar-refractivity contribution in [1.82, 2.24) is 19.9 Å². The minimum absolute atomic E-state index is 0.0391. The molecule has 0 saturated carbocycles. The van der Waals surface area contributed by atoms with Crippen molar-refractivity contribution >= 4 is 17.4 Å². The summed E-state index contributed by atoms with van der Waals surface area (Å²) in [7, 11) is 0. The van der Waals surface area contributed by atoms with Crippen LogP contribution in [0.2, 0.25) is 0 Å². The molecular weight excluding hydrogens is 292 g/mol. The summed E-state index contributed by atoms with van der Waals surface area (Å²) in [6.45, 7) is 7.55. The lowest BCUT2D eigenvalue weighted by Crippen LogP contribution is -2.24. The second-order valence-corrected chi connectivity index (χ2v) is 6.52. The first kappa shape index (κ1) is 15.2. The van der Waals surface area contributed by atoms with Crippen molar-refractivity contribution in [3.05, 3.63) is 33.8 Å². The molecule has 9 heteroatoms. The Bertz CT molecular complexity index is 692. The maximum absolute atomic E-state index is 11.2. The summed E-state index contributed by atoms with van der Waals surface area (Å²) in [5.74, 6) is 6.57. The summed E-state index contributed by atoms with van der Waals surface area (Å²) in [6, 6.07) is 1.59. The van der Waals surface area contributed by atoms with Gasteiger partial charge < -0.3 is 5.84 Å². The van der Waals surface area contributed by atoms with Gasteiger partial charge in [0.1, 0.15) is 0 Å². The van der Waals surface area contributed by atoms with Gasteiger partial charge in [-0.15, -0.1) is 10.2 Å². The van der Waals surface area contributed by atoms with E-state index in [1.165, 1.54) is 10.9 Å². The van der Waals surface area contributed by atoms with Gasteiger partial charge in [0.2, 0.25) is 5.16 Å². The first-order valence-electron chi connectivity index (χ1n) is 6.20. The van der Waals surface area contributed by atoms with Crippen LogP contribution >= 0.6 is 11.8 Å². The van der Waals surface area contributed by atoms with E-state index in [0.29, 0.717) is 16.5 Å². The lowest BCUT2D eigenvalue weighted by molar-refractivity contribution is -0.388. The summed E-state index contributed by atoms with van der Waals surface area (Å²) in [5, 5.41) is 19.8. The summed E-state index contributed by atoms with van der Waals surface area (Å²) >= 11 is 1.03. The number of nitrogens with zero attached hydrogens (tertiary/aromatic N) is 5. The van der Waals surface area contributed by atoms with Gasteiger partial charge in [-0.2, -0.15) is 0 Å². The fraction of sp³-hybridized carbons (Fsp3) is 0.417. The van der Waals surface area contributed by atoms with Crippen molar-refractivity contribution in [2.24, 2.45) is 0 Å². The number of nitrogen functional groups attached to an aromatic ring is 1. The largest absolute Gasteiger partial charge is 0.336 e. The van der Waals surface area contributed by atoms with Gasteiger partial charge in [-0.3, -0.25) is 10.1 Å². The topological polar surface area (TPSA) is 113 Å². The minimum atomic E-state index is -0.452. The van der Waals surface area contributed by atoms with Gasteiger partial charge in [-0.1, -0.05) is 20.8 Å². The summed E-state index contributed by atoms with van der Waals surface area (Å²) in [4.78, 5) is 14.8. The lowest BCUT2D eigenvalue weighted by Gasteiger charge is -2.16. The Morgan fingerprint density at radius 3 is 2.57 bits per heavy atom. The monoisotopic (exact) mass is 308 g/mol. The molecule has 0 atom stereocenters. The zero-order valence-corrected chi connectivity index (χ0v) is 13.0. The first-order chi connectivity index (χ1) is 9.71. The first-order valence-corrected chi connectivity index (χ1v) is 7.02. The summed E-state index contributed by atoms with van der Waals surface area (Å²) in [5.41, 5.74) is 0.228. The molecule has 0 radical (unpaired) electrons. The Hall–Kier alpha value is -2.16. The summed E-state index contributed by atoms with van der Waals surface area (Å²) in [6.07, 6.45) is 1.52. The molecule has 2 heterocycles. The van der Waals surface area contributed by atoms with Crippen LogP contribution < -0.4 is 5.84 Å². The number of hydrogen-bond donors (Lipinski definition) is 1. The number of nitro groups is 1. The molecule has 0 unspecified atom stereocenters. The maximum Gasteiger partial charge on any atom is 0.304 e. The SMILES string of the molecule is Cc1ccnc(Sc2nnc(C(C)(C)C)n2N)c1[N+](=O)[O-]. The van der Waals surface area contributed by atoms with Crippen molar-refractivity contribution in [2.75, 3.05) is 5.84 Å². The van der Waals surface area contributed by atoms with E-state index in [2.05, 4.69) is 15.2 Å². The van der Waals surface area contributed by atoms with Crippen LogP contribution in [-0.2, 0) is 5.41 Å². The number of rotatable bonds is 3. The Balaban J connectivity index is 2.43. The molecule has 2 aromatic rings. The predicted octanol–water partition coefficient (Wildman–Crippen LogP) is 2.05. The van der Waals surface area contributed by atoms with Crippen LogP contribution in [0.25, 0.3) is 0 Å². The summed E-state index contributed by atoms with van der Waals surface area (Å²) < 4.78 is 1.35. The van der Waals surface area contributed by atoms with Gasteiger partial charge in [0.25, 0.3) is 0 Å². The van der Waals surface area contributed by atoms with E-state index in [0.717, 1.165) is 11.8 Å². The van der Waals surface area contributed by atoms with Gasteiger partial charge in [0.15, 0.2) is 10.9 Å². The van der Waals surface area contributed by atoms with E-state index in [9.17, 15) is 10.1 Å².